The highest BCUT2D eigenvalue weighted by atomic mass is 32.2. The molecule has 1 amide bonds. The lowest BCUT2D eigenvalue weighted by Gasteiger charge is -2.21. The number of nitrogens with one attached hydrogen (secondary N) is 1. The number of carbonyl (C=O) groups is 1. The number of hydrogen-bond donors (Lipinski definition) is 1. The molecule has 0 spiro atoms. The second-order valence-electron chi connectivity index (χ2n) is 3.74. The topological polar surface area (TPSA) is 42.2 Å². The van der Waals surface area contributed by atoms with Gasteiger partial charge < -0.3 is 9.73 Å². The van der Waals surface area contributed by atoms with Crippen LogP contribution in [0.15, 0.2) is 22.8 Å². The molecule has 15 heavy (non-hydrogen) atoms. The number of thioether (sulfide) groups is 1. The van der Waals surface area contributed by atoms with Crippen molar-refractivity contribution >= 4 is 17.7 Å². The van der Waals surface area contributed by atoms with Gasteiger partial charge in [0.05, 0.1) is 6.26 Å². The monoisotopic (exact) mass is 225 g/mol. The summed E-state index contributed by atoms with van der Waals surface area (Å²) < 4.78 is 5.02. The summed E-state index contributed by atoms with van der Waals surface area (Å²) in [6.45, 7) is 0.778. The van der Waals surface area contributed by atoms with E-state index in [0.29, 0.717) is 11.7 Å². The van der Waals surface area contributed by atoms with Gasteiger partial charge in [0.2, 0.25) is 0 Å². The van der Waals surface area contributed by atoms with E-state index < -0.39 is 0 Å². The van der Waals surface area contributed by atoms with Gasteiger partial charge in [0.1, 0.15) is 0 Å². The van der Waals surface area contributed by atoms with Gasteiger partial charge in [-0.25, -0.2) is 0 Å². The summed E-state index contributed by atoms with van der Waals surface area (Å²) in [4.78, 5) is 11.5. The van der Waals surface area contributed by atoms with Crippen molar-refractivity contribution in [3.63, 3.8) is 0 Å². The van der Waals surface area contributed by atoms with Crippen LogP contribution in [0.3, 0.4) is 0 Å². The van der Waals surface area contributed by atoms with E-state index >= 15 is 0 Å². The van der Waals surface area contributed by atoms with E-state index in [0.717, 1.165) is 6.54 Å². The van der Waals surface area contributed by atoms with Gasteiger partial charge in [-0.3, -0.25) is 4.79 Å². The fourth-order valence-corrected chi connectivity index (χ4v) is 2.89. The van der Waals surface area contributed by atoms with Crippen molar-refractivity contribution in [3.05, 3.63) is 24.2 Å². The zero-order valence-electron chi connectivity index (χ0n) is 8.57. The van der Waals surface area contributed by atoms with Crippen molar-refractivity contribution in [3.8, 4) is 0 Å². The van der Waals surface area contributed by atoms with Crippen molar-refractivity contribution in [2.75, 3.05) is 18.1 Å². The Kier molecular flexibility index (Phi) is 3.72. The van der Waals surface area contributed by atoms with Crippen LogP contribution in [0.4, 0.5) is 0 Å². The molecule has 3 nitrogen and oxygen atoms in total. The molecular weight excluding hydrogens is 210 g/mol. The van der Waals surface area contributed by atoms with E-state index in [9.17, 15) is 4.79 Å². The lowest BCUT2D eigenvalue weighted by atomic mass is 10.0. The van der Waals surface area contributed by atoms with Gasteiger partial charge in [-0.05, 0) is 42.4 Å². The van der Waals surface area contributed by atoms with Crippen molar-refractivity contribution < 1.29 is 9.21 Å². The van der Waals surface area contributed by atoms with Crippen LogP contribution in [-0.2, 0) is 0 Å². The molecule has 1 aromatic rings. The fourth-order valence-electron chi connectivity index (χ4n) is 1.68. The van der Waals surface area contributed by atoms with Gasteiger partial charge in [0.15, 0.2) is 5.76 Å². The Morgan fingerprint density at radius 2 is 2.33 bits per heavy atom. The molecule has 4 heteroatoms. The first-order valence-electron chi connectivity index (χ1n) is 5.25. The molecule has 1 aliphatic rings. The van der Waals surface area contributed by atoms with E-state index in [1.807, 2.05) is 11.8 Å². The maximum atomic E-state index is 11.5. The predicted molar refractivity (Wildman–Crippen MR) is 61.1 cm³/mol. The van der Waals surface area contributed by atoms with Crippen LogP contribution in [-0.4, -0.2) is 24.0 Å². The Hall–Kier alpha value is -0.900. The SMILES string of the molecule is O=C(NCC1CCSCC1)c1ccco1. The third-order valence-corrected chi connectivity index (χ3v) is 3.69. The lowest BCUT2D eigenvalue weighted by molar-refractivity contribution is 0.0918. The van der Waals surface area contributed by atoms with Crippen LogP contribution in [0, 0.1) is 5.92 Å². The molecule has 0 saturated carbocycles. The Bertz CT molecular complexity index is 304. The summed E-state index contributed by atoms with van der Waals surface area (Å²) in [5.41, 5.74) is 0. The van der Waals surface area contributed by atoms with E-state index in [4.69, 9.17) is 4.42 Å². The van der Waals surface area contributed by atoms with Crippen LogP contribution in [0.25, 0.3) is 0 Å². The quantitative estimate of drug-likeness (QED) is 0.857. The minimum atomic E-state index is -0.0989. The molecule has 0 atom stereocenters. The van der Waals surface area contributed by atoms with Crippen LogP contribution in [0.5, 0.6) is 0 Å². The van der Waals surface area contributed by atoms with E-state index in [1.165, 1.54) is 30.6 Å². The normalized spacial score (nSPS) is 17.6. The molecule has 1 aliphatic heterocycles. The van der Waals surface area contributed by atoms with Gasteiger partial charge in [0, 0.05) is 6.54 Å². The summed E-state index contributed by atoms with van der Waals surface area (Å²) in [7, 11) is 0. The molecule has 2 rings (SSSR count). The molecule has 2 heterocycles. The first-order chi connectivity index (χ1) is 7.36. The summed E-state index contributed by atoms with van der Waals surface area (Å²) >= 11 is 2.00. The second-order valence-corrected chi connectivity index (χ2v) is 4.97. The maximum Gasteiger partial charge on any atom is 0.286 e. The van der Waals surface area contributed by atoms with Gasteiger partial charge in [-0.1, -0.05) is 0 Å². The summed E-state index contributed by atoms with van der Waals surface area (Å²) in [5.74, 6) is 3.39. The lowest BCUT2D eigenvalue weighted by Crippen LogP contribution is -2.30. The van der Waals surface area contributed by atoms with Crippen LogP contribution >= 0.6 is 11.8 Å². The third-order valence-electron chi connectivity index (χ3n) is 2.64. The molecule has 0 radical (unpaired) electrons. The first kappa shape index (κ1) is 10.6. The predicted octanol–water partition coefficient (Wildman–Crippen LogP) is 2.15. The molecule has 1 fully saturated rings. The van der Waals surface area contributed by atoms with Crippen molar-refractivity contribution in [2.45, 2.75) is 12.8 Å². The average Bonchev–Trinajstić information content (AvgIpc) is 2.81. The van der Waals surface area contributed by atoms with E-state index in [1.54, 1.807) is 12.1 Å². The number of rotatable bonds is 3. The first-order valence-corrected chi connectivity index (χ1v) is 6.41. The van der Waals surface area contributed by atoms with Crippen LogP contribution in [0.1, 0.15) is 23.4 Å². The Balaban J connectivity index is 1.75. The third kappa shape index (κ3) is 3.02. The fraction of sp³-hybridized carbons (Fsp3) is 0.545. The van der Waals surface area contributed by atoms with Gasteiger partial charge in [-0.2, -0.15) is 11.8 Å². The van der Waals surface area contributed by atoms with Gasteiger partial charge in [-0.15, -0.1) is 0 Å². The number of amides is 1. The van der Waals surface area contributed by atoms with Gasteiger partial charge in [0.25, 0.3) is 5.91 Å². The van der Waals surface area contributed by atoms with Crippen molar-refractivity contribution in [2.24, 2.45) is 5.92 Å². The molecule has 0 aliphatic carbocycles. The van der Waals surface area contributed by atoms with Crippen LogP contribution in [0.2, 0.25) is 0 Å². The van der Waals surface area contributed by atoms with Crippen molar-refractivity contribution in [1.82, 2.24) is 5.32 Å². The minimum Gasteiger partial charge on any atom is -0.459 e. The molecule has 0 bridgehead atoms. The maximum absolute atomic E-state index is 11.5. The summed E-state index contributed by atoms with van der Waals surface area (Å²) in [6, 6.07) is 3.41. The average molecular weight is 225 g/mol. The Labute approximate surface area is 93.6 Å². The second kappa shape index (κ2) is 5.26. The zero-order chi connectivity index (χ0) is 10.5. The van der Waals surface area contributed by atoms with Crippen molar-refractivity contribution in [1.29, 1.82) is 0 Å². The van der Waals surface area contributed by atoms with Crippen LogP contribution < -0.4 is 5.32 Å². The highest BCUT2D eigenvalue weighted by molar-refractivity contribution is 7.99. The Morgan fingerprint density at radius 1 is 1.53 bits per heavy atom. The summed E-state index contributed by atoms with van der Waals surface area (Å²) in [6.07, 6.45) is 3.94. The molecular formula is C11H15NO2S. The number of carbonyl (C=O) groups excluding carboxylic acids is 1. The smallest absolute Gasteiger partial charge is 0.286 e. The molecule has 1 saturated heterocycles. The standard InChI is InChI=1S/C11H15NO2S/c13-11(10-2-1-5-14-10)12-8-9-3-6-15-7-4-9/h1-2,5,9H,3-4,6-8H2,(H,12,13). The molecule has 0 unspecified atom stereocenters. The molecule has 0 aromatic carbocycles. The number of hydrogen-bond acceptors (Lipinski definition) is 3. The highest BCUT2D eigenvalue weighted by Gasteiger charge is 2.15. The highest BCUT2D eigenvalue weighted by Crippen LogP contribution is 2.21. The van der Waals surface area contributed by atoms with E-state index in [-0.39, 0.29) is 5.91 Å². The molecule has 1 N–H and O–H groups in total. The Morgan fingerprint density at radius 3 is 3.00 bits per heavy atom. The number of furan rings is 1. The van der Waals surface area contributed by atoms with Gasteiger partial charge >= 0.3 is 0 Å². The zero-order valence-corrected chi connectivity index (χ0v) is 9.39. The van der Waals surface area contributed by atoms with E-state index in [2.05, 4.69) is 5.32 Å². The largest absolute Gasteiger partial charge is 0.459 e. The molecule has 82 valence electrons. The minimum absolute atomic E-state index is 0.0989. The molecule has 1 aromatic heterocycles. The summed E-state index contributed by atoms with van der Waals surface area (Å²) in [5, 5.41) is 2.91.